The van der Waals surface area contributed by atoms with Crippen LogP contribution in [0.25, 0.3) is 0 Å². The van der Waals surface area contributed by atoms with Crippen LogP contribution in [-0.4, -0.2) is 41.0 Å². The highest BCUT2D eigenvalue weighted by atomic mass is 16.7. The molecule has 2 bridgehead atoms. The quantitative estimate of drug-likeness (QED) is 0.636. The van der Waals surface area contributed by atoms with Gasteiger partial charge in [-0.05, 0) is 50.5 Å². The second-order valence-electron chi connectivity index (χ2n) is 9.85. The van der Waals surface area contributed by atoms with Crippen LogP contribution in [0.4, 0.5) is 0 Å². The highest BCUT2D eigenvalue weighted by Gasteiger charge is 2.71. The van der Waals surface area contributed by atoms with E-state index in [0.717, 1.165) is 17.6 Å². The average Bonchev–Trinajstić information content (AvgIpc) is 2.72. The molecule has 1 heterocycles. The molecular formula is C22H33NO4. The Hall–Kier alpha value is -1.01. The Morgan fingerprint density at radius 3 is 2.59 bits per heavy atom. The number of hydrogen-bond donors (Lipinski definition) is 2. The Kier molecular flexibility index (Phi) is 4.12. The van der Waals surface area contributed by atoms with Crippen molar-refractivity contribution in [1.82, 2.24) is 0 Å². The third-order valence-electron chi connectivity index (χ3n) is 7.88. The number of ether oxygens (including phenoxy) is 2. The predicted molar refractivity (Wildman–Crippen MR) is 103 cm³/mol. The minimum atomic E-state index is -1.50. The second-order valence-corrected chi connectivity index (χ2v) is 9.85. The van der Waals surface area contributed by atoms with Gasteiger partial charge in [0.2, 0.25) is 0 Å². The van der Waals surface area contributed by atoms with Gasteiger partial charge in [0.05, 0.1) is 18.1 Å². The van der Waals surface area contributed by atoms with Gasteiger partial charge in [0.15, 0.2) is 11.6 Å². The van der Waals surface area contributed by atoms with Crippen LogP contribution in [0.2, 0.25) is 0 Å². The number of carbonyl (C=O) groups excluding carboxylic acids is 1. The molecule has 27 heavy (non-hydrogen) atoms. The highest BCUT2D eigenvalue weighted by molar-refractivity contribution is 5.94. The number of aliphatic hydroxyl groups is 1. The van der Waals surface area contributed by atoms with E-state index in [2.05, 4.69) is 20.8 Å². The first kappa shape index (κ1) is 19.3. The molecule has 0 amide bonds. The maximum atomic E-state index is 14.0. The van der Waals surface area contributed by atoms with Crippen LogP contribution >= 0.6 is 0 Å². The summed E-state index contributed by atoms with van der Waals surface area (Å²) in [7, 11) is 0. The largest absolute Gasteiger partial charge is 0.383 e. The molecule has 0 radical (unpaired) electrons. The van der Waals surface area contributed by atoms with Gasteiger partial charge in [0.1, 0.15) is 11.7 Å². The summed E-state index contributed by atoms with van der Waals surface area (Å²) in [5, 5.41) is 12.3. The van der Waals surface area contributed by atoms with E-state index in [1.165, 1.54) is 0 Å². The highest BCUT2D eigenvalue weighted by Crippen LogP contribution is 2.60. The Bertz CT molecular complexity index is 741. The molecule has 1 saturated carbocycles. The molecule has 0 unspecified atom stereocenters. The van der Waals surface area contributed by atoms with Crippen LogP contribution < -0.4 is 5.73 Å². The van der Waals surface area contributed by atoms with Gasteiger partial charge in [-0.15, -0.1) is 0 Å². The van der Waals surface area contributed by atoms with E-state index in [9.17, 15) is 9.90 Å². The standard InChI is InChI=1S/C22H33NO4/c1-11-7-13(3)21-9-12(2)17(23)22(21,25)19-15(10-26-20(5,6)27-19)8-16(14(11)4)18(21)24/h8-9,11,13-14,16-17,19,25H,7,10,23H2,1-6H3/t11-,13-,14-,16+,17+,19-,21+,22-/m1/s1. The molecule has 8 atom stereocenters. The third kappa shape index (κ3) is 2.29. The van der Waals surface area contributed by atoms with Crippen LogP contribution in [0.5, 0.6) is 0 Å². The van der Waals surface area contributed by atoms with Gasteiger partial charge in [-0.1, -0.05) is 38.5 Å². The van der Waals surface area contributed by atoms with Gasteiger partial charge < -0.3 is 20.3 Å². The molecule has 1 saturated heterocycles. The molecule has 0 aromatic carbocycles. The van der Waals surface area contributed by atoms with E-state index in [4.69, 9.17) is 15.2 Å². The van der Waals surface area contributed by atoms with Crippen molar-refractivity contribution in [2.24, 2.45) is 34.8 Å². The number of hydrogen-bond acceptors (Lipinski definition) is 5. The fourth-order valence-electron chi connectivity index (χ4n) is 6.12. The number of allylic oxidation sites excluding steroid dienone is 1. The van der Waals surface area contributed by atoms with E-state index in [-0.39, 0.29) is 23.5 Å². The first-order valence-corrected chi connectivity index (χ1v) is 10.2. The van der Waals surface area contributed by atoms with Gasteiger partial charge in [-0.25, -0.2) is 0 Å². The maximum absolute atomic E-state index is 14.0. The van der Waals surface area contributed by atoms with E-state index < -0.39 is 28.9 Å². The summed E-state index contributed by atoms with van der Waals surface area (Å²) < 4.78 is 12.2. The van der Waals surface area contributed by atoms with Crippen molar-refractivity contribution >= 4 is 5.78 Å². The van der Waals surface area contributed by atoms with Gasteiger partial charge in [-0.3, -0.25) is 4.79 Å². The monoisotopic (exact) mass is 375 g/mol. The number of ketones is 1. The first-order valence-electron chi connectivity index (χ1n) is 10.2. The summed E-state index contributed by atoms with van der Waals surface area (Å²) in [6.07, 6.45) is 4.22. The molecule has 0 aromatic heterocycles. The molecular weight excluding hydrogens is 342 g/mol. The number of carbonyl (C=O) groups is 1. The number of nitrogens with two attached hydrogens (primary N) is 1. The molecule has 150 valence electrons. The normalized spacial score (nSPS) is 51.5. The Morgan fingerprint density at radius 2 is 1.93 bits per heavy atom. The lowest BCUT2D eigenvalue weighted by Gasteiger charge is -2.52. The van der Waals surface area contributed by atoms with Crippen molar-refractivity contribution < 1.29 is 19.4 Å². The minimum Gasteiger partial charge on any atom is -0.383 e. The van der Waals surface area contributed by atoms with E-state index in [1.807, 2.05) is 32.9 Å². The van der Waals surface area contributed by atoms with E-state index in [1.54, 1.807) is 0 Å². The van der Waals surface area contributed by atoms with Crippen LogP contribution in [-0.2, 0) is 14.3 Å². The number of fused-ring (bicyclic) bond motifs is 3. The van der Waals surface area contributed by atoms with Gasteiger partial charge in [0.25, 0.3) is 0 Å². The van der Waals surface area contributed by atoms with Crippen molar-refractivity contribution in [3.05, 3.63) is 23.3 Å². The predicted octanol–water partition coefficient (Wildman–Crippen LogP) is 2.58. The molecule has 4 rings (SSSR count). The molecule has 5 nitrogen and oxygen atoms in total. The maximum Gasteiger partial charge on any atom is 0.164 e. The van der Waals surface area contributed by atoms with Crippen molar-refractivity contribution in [3.63, 3.8) is 0 Å². The zero-order valence-electron chi connectivity index (χ0n) is 17.3. The Labute approximate surface area is 162 Å². The van der Waals surface area contributed by atoms with Crippen molar-refractivity contribution in [2.75, 3.05) is 6.61 Å². The lowest BCUT2D eigenvalue weighted by Crippen LogP contribution is -2.69. The smallest absolute Gasteiger partial charge is 0.164 e. The first-order chi connectivity index (χ1) is 12.5. The van der Waals surface area contributed by atoms with Crippen molar-refractivity contribution in [3.8, 4) is 0 Å². The summed E-state index contributed by atoms with van der Waals surface area (Å²) in [5.41, 5.74) is 5.78. The van der Waals surface area contributed by atoms with Gasteiger partial charge in [0, 0.05) is 5.92 Å². The summed E-state index contributed by atoms with van der Waals surface area (Å²) >= 11 is 0. The van der Waals surface area contributed by atoms with Crippen LogP contribution in [0, 0.1) is 29.1 Å². The summed E-state index contributed by atoms with van der Waals surface area (Å²) in [6, 6.07) is -0.645. The van der Waals surface area contributed by atoms with Crippen LogP contribution in [0.3, 0.4) is 0 Å². The van der Waals surface area contributed by atoms with Crippen molar-refractivity contribution in [1.29, 1.82) is 0 Å². The zero-order chi connectivity index (χ0) is 19.9. The Morgan fingerprint density at radius 1 is 1.26 bits per heavy atom. The molecule has 3 N–H and O–H groups in total. The topological polar surface area (TPSA) is 81.8 Å². The lowest BCUT2D eigenvalue weighted by atomic mass is 9.59. The Balaban J connectivity index is 2.01. The third-order valence-corrected chi connectivity index (χ3v) is 7.88. The number of Topliss-reactive ketones (excluding diaryl/α,β-unsaturated/α-hetero) is 1. The lowest BCUT2D eigenvalue weighted by molar-refractivity contribution is -0.294. The van der Waals surface area contributed by atoms with E-state index in [0.29, 0.717) is 12.5 Å². The summed E-state index contributed by atoms with van der Waals surface area (Å²) in [4.78, 5) is 14.0. The fourth-order valence-corrected chi connectivity index (χ4v) is 6.12. The van der Waals surface area contributed by atoms with Gasteiger partial charge in [-0.2, -0.15) is 0 Å². The summed E-state index contributed by atoms with van der Waals surface area (Å²) in [5.74, 6) is -0.476. The van der Waals surface area contributed by atoms with Crippen LogP contribution in [0.15, 0.2) is 23.3 Å². The summed E-state index contributed by atoms with van der Waals surface area (Å²) in [6.45, 7) is 12.4. The van der Waals surface area contributed by atoms with Crippen molar-refractivity contribution in [2.45, 2.75) is 71.5 Å². The second kappa shape index (κ2) is 5.76. The molecule has 0 aromatic rings. The molecule has 2 fully saturated rings. The SMILES string of the molecule is CC1=C[C@]23C(=O)[C@@H](C=C4COC(C)(C)O[C@H]4[C@]2(O)[C@H]1N)[C@H](C)[C@H](C)C[C@H]3C. The number of rotatable bonds is 0. The molecule has 3 aliphatic carbocycles. The van der Waals surface area contributed by atoms with Gasteiger partial charge >= 0.3 is 0 Å². The average molecular weight is 376 g/mol. The fraction of sp³-hybridized carbons (Fsp3) is 0.773. The van der Waals surface area contributed by atoms with E-state index >= 15 is 0 Å². The molecule has 4 aliphatic rings. The zero-order valence-corrected chi connectivity index (χ0v) is 17.3. The molecule has 5 heteroatoms. The molecule has 1 aliphatic heterocycles. The van der Waals surface area contributed by atoms with Crippen LogP contribution in [0.1, 0.15) is 48.0 Å². The molecule has 1 spiro atoms. The minimum absolute atomic E-state index is 0.0248.